The molecule has 0 radical (unpaired) electrons. The Morgan fingerprint density at radius 1 is 1.18 bits per heavy atom. The SMILES string of the molecule is CCCOc1cccc(-c2nn(-c3ccccc3)cc2C=C(C#N)C(=O)NCCCOC)c1. The molecule has 2 aromatic carbocycles. The number of hydrogen-bond acceptors (Lipinski definition) is 5. The van der Waals surface area contributed by atoms with Gasteiger partial charge in [0.1, 0.15) is 23.1 Å². The molecule has 1 amide bonds. The van der Waals surface area contributed by atoms with E-state index in [4.69, 9.17) is 14.6 Å². The van der Waals surface area contributed by atoms with Gasteiger partial charge in [0.05, 0.1) is 12.3 Å². The highest BCUT2D eigenvalue weighted by atomic mass is 16.5. The van der Waals surface area contributed by atoms with Crippen molar-refractivity contribution >= 4 is 12.0 Å². The molecule has 0 unspecified atom stereocenters. The van der Waals surface area contributed by atoms with E-state index in [2.05, 4.69) is 12.2 Å². The van der Waals surface area contributed by atoms with Gasteiger partial charge in [0, 0.05) is 37.6 Å². The molecule has 33 heavy (non-hydrogen) atoms. The molecule has 1 heterocycles. The molecule has 0 spiro atoms. The van der Waals surface area contributed by atoms with E-state index in [1.807, 2.05) is 66.9 Å². The van der Waals surface area contributed by atoms with Gasteiger partial charge in [-0.15, -0.1) is 0 Å². The van der Waals surface area contributed by atoms with Crippen molar-refractivity contribution in [1.82, 2.24) is 15.1 Å². The Labute approximate surface area is 194 Å². The average Bonchev–Trinajstić information content (AvgIpc) is 3.28. The van der Waals surface area contributed by atoms with Crippen LogP contribution in [0.2, 0.25) is 0 Å². The Hall–Kier alpha value is -3.89. The predicted molar refractivity (Wildman–Crippen MR) is 128 cm³/mol. The lowest BCUT2D eigenvalue weighted by atomic mass is 10.1. The number of hydrogen-bond donors (Lipinski definition) is 1. The fourth-order valence-corrected chi connectivity index (χ4v) is 3.20. The number of nitrogens with one attached hydrogen (secondary N) is 1. The van der Waals surface area contributed by atoms with Crippen LogP contribution in [-0.4, -0.2) is 42.6 Å². The summed E-state index contributed by atoms with van der Waals surface area (Å²) >= 11 is 0. The zero-order valence-corrected chi connectivity index (χ0v) is 19.0. The van der Waals surface area contributed by atoms with Gasteiger partial charge < -0.3 is 14.8 Å². The molecule has 7 nitrogen and oxygen atoms in total. The maximum absolute atomic E-state index is 12.5. The molecule has 0 fully saturated rings. The standard InChI is InChI=1S/C26H28N4O3/c1-3-14-33-24-12-7-9-20(17-24)25-22(19-30(29-25)23-10-5-4-6-11-23)16-21(18-27)26(31)28-13-8-15-32-2/h4-7,9-12,16-17,19H,3,8,13-15H2,1-2H3,(H,28,31). The van der Waals surface area contributed by atoms with Crippen LogP contribution in [0.4, 0.5) is 0 Å². The maximum atomic E-state index is 12.5. The van der Waals surface area contributed by atoms with Crippen LogP contribution in [0.25, 0.3) is 23.0 Å². The largest absolute Gasteiger partial charge is 0.494 e. The van der Waals surface area contributed by atoms with Crippen molar-refractivity contribution in [2.24, 2.45) is 0 Å². The van der Waals surface area contributed by atoms with Crippen LogP contribution in [-0.2, 0) is 9.53 Å². The molecule has 7 heteroatoms. The van der Waals surface area contributed by atoms with Gasteiger partial charge in [-0.05, 0) is 43.2 Å². The molecule has 0 aliphatic rings. The molecule has 170 valence electrons. The number of amides is 1. The van der Waals surface area contributed by atoms with Crippen LogP contribution in [0.15, 0.2) is 66.4 Å². The minimum absolute atomic E-state index is 0.0136. The summed E-state index contributed by atoms with van der Waals surface area (Å²) in [5.41, 5.74) is 3.04. The minimum Gasteiger partial charge on any atom is -0.494 e. The topological polar surface area (TPSA) is 89.2 Å². The van der Waals surface area contributed by atoms with Crippen molar-refractivity contribution < 1.29 is 14.3 Å². The summed E-state index contributed by atoms with van der Waals surface area (Å²) in [5, 5.41) is 17.2. The molecular weight excluding hydrogens is 416 g/mol. The molecule has 0 aliphatic heterocycles. The number of rotatable bonds is 11. The average molecular weight is 445 g/mol. The van der Waals surface area contributed by atoms with Crippen LogP contribution in [0.1, 0.15) is 25.3 Å². The van der Waals surface area contributed by atoms with Crippen molar-refractivity contribution in [3.05, 3.63) is 71.9 Å². The number of ether oxygens (including phenoxy) is 2. The Morgan fingerprint density at radius 3 is 2.73 bits per heavy atom. The van der Waals surface area contributed by atoms with Crippen LogP contribution in [0, 0.1) is 11.3 Å². The molecular formula is C26H28N4O3. The molecule has 3 rings (SSSR count). The summed E-state index contributed by atoms with van der Waals surface area (Å²) < 4.78 is 12.5. The van der Waals surface area contributed by atoms with Gasteiger partial charge in [-0.1, -0.05) is 37.3 Å². The molecule has 0 bridgehead atoms. The first-order valence-corrected chi connectivity index (χ1v) is 10.9. The van der Waals surface area contributed by atoms with Crippen molar-refractivity contribution in [3.63, 3.8) is 0 Å². The molecule has 0 saturated carbocycles. The third kappa shape index (κ3) is 6.55. The van der Waals surface area contributed by atoms with E-state index >= 15 is 0 Å². The summed E-state index contributed by atoms with van der Waals surface area (Å²) in [6.45, 7) is 3.64. The number of nitrogens with zero attached hydrogens (tertiary/aromatic N) is 3. The lowest BCUT2D eigenvalue weighted by Crippen LogP contribution is -2.26. The zero-order chi connectivity index (χ0) is 23.5. The Balaban J connectivity index is 1.99. The first kappa shape index (κ1) is 23.8. The highest BCUT2D eigenvalue weighted by Gasteiger charge is 2.15. The minimum atomic E-state index is -0.424. The van der Waals surface area contributed by atoms with Crippen molar-refractivity contribution in [1.29, 1.82) is 5.26 Å². The Morgan fingerprint density at radius 2 is 2.00 bits per heavy atom. The Bertz CT molecular complexity index is 1130. The highest BCUT2D eigenvalue weighted by Crippen LogP contribution is 2.28. The van der Waals surface area contributed by atoms with Crippen molar-refractivity contribution in [3.8, 4) is 28.8 Å². The number of methoxy groups -OCH3 is 1. The van der Waals surface area contributed by atoms with Gasteiger partial charge in [-0.3, -0.25) is 4.79 Å². The summed E-state index contributed by atoms with van der Waals surface area (Å²) in [4.78, 5) is 12.5. The molecule has 1 N–H and O–H groups in total. The number of carbonyl (C=O) groups excluding carboxylic acids is 1. The van der Waals surface area contributed by atoms with Crippen LogP contribution >= 0.6 is 0 Å². The molecule has 0 saturated heterocycles. The van der Waals surface area contributed by atoms with Crippen molar-refractivity contribution in [2.75, 3.05) is 26.9 Å². The van der Waals surface area contributed by atoms with E-state index in [0.717, 1.165) is 23.4 Å². The van der Waals surface area contributed by atoms with Gasteiger partial charge in [0.2, 0.25) is 0 Å². The van der Waals surface area contributed by atoms with Crippen LogP contribution in [0.3, 0.4) is 0 Å². The second-order valence-electron chi connectivity index (χ2n) is 7.36. The molecule has 1 aromatic heterocycles. The van der Waals surface area contributed by atoms with E-state index in [0.29, 0.717) is 37.4 Å². The van der Waals surface area contributed by atoms with E-state index in [9.17, 15) is 10.1 Å². The van der Waals surface area contributed by atoms with Gasteiger partial charge in [-0.25, -0.2) is 4.68 Å². The van der Waals surface area contributed by atoms with E-state index in [1.165, 1.54) is 0 Å². The number of carbonyl (C=O) groups is 1. The Kier molecular flexibility index (Phi) is 8.80. The normalized spacial score (nSPS) is 11.1. The van der Waals surface area contributed by atoms with Gasteiger partial charge in [0.25, 0.3) is 5.91 Å². The van der Waals surface area contributed by atoms with Crippen molar-refractivity contribution in [2.45, 2.75) is 19.8 Å². The third-order valence-electron chi connectivity index (χ3n) is 4.82. The van der Waals surface area contributed by atoms with Crippen LogP contribution in [0.5, 0.6) is 5.75 Å². The summed E-state index contributed by atoms with van der Waals surface area (Å²) in [6.07, 6.45) is 4.97. The highest BCUT2D eigenvalue weighted by molar-refractivity contribution is 6.02. The first-order chi connectivity index (χ1) is 16.2. The lowest BCUT2D eigenvalue weighted by molar-refractivity contribution is -0.117. The van der Waals surface area contributed by atoms with E-state index in [1.54, 1.807) is 17.9 Å². The molecule has 0 atom stereocenters. The second kappa shape index (κ2) is 12.2. The van der Waals surface area contributed by atoms with Gasteiger partial charge in [0.15, 0.2) is 0 Å². The lowest BCUT2D eigenvalue weighted by Gasteiger charge is -2.07. The second-order valence-corrected chi connectivity index (χ2v) is 7.36. The summed E-state index contributed by atoms with van der Waals surface area (Å²) in [7, 11) is 1.61. The monoisotopic (exact) mass is 444 g/mol. The zero-order valence-electron chi connectivity index (χ0n) is 19.0. The summed E-state index contributed by atoms with van der Waals surface area (Å²) in [6, 6.07) is 19.4. The summed E-state index contributed by atoms with van der Waals surface area (Å²) in [5.74, 6) is 0.321. The number of aromatic nitrogens is 2. The fourth-order valence-electron chi connectivity index (χ4n) is 3.20. The smallest absolute Gasteiger partial charge is 0.261 e. The first-order valence-electron chi connectivity index (χ1n) is 10.9. The van der Waals surface area contributed by atoms with Crippen LogP contribution < -0.4 is 10.1 Å². The predicted octanol–water partition coefficient (Wildman–Crippen LogP) is 4.39. The van der Waals surface area contributed by atoms with E-state index in [-0.39, 0.29) is 5.57 Å². The van der Waals surface area contributed by atoms with Gasteiger partial charge in [-0.2, -0.15) is 10.4 Å². The molecule has 0 aliphatic carbocycles. The van der Waals surface area contributed by atoms with Gasteiger partial charge >= 0.3 is 0 Å². The van der Waals surface area contributed by atoms with E-state index < -0.39 is 5.91 Å². The number of para-hydroxylation sites is 1. The number of nitriles is 1. The molecule has 3 aromatic rings. The third-order valence-corrected chi connectivity index (χ3v) is 4.82. The quantitative estimate of drug-likeness (QED) is 0.269. The fraction of sp³-hybridized carbons (Fsp3) is 0.269. The number of benzene rings is 2. The maximum Gasteiger partial charge on any atom is 0.261 e.